The molecule has 0 saturated heterocycles. The first-order valence-corrected chi connectivity index (χ1v) is 11.1. The fourth-order valence-electron chi connectivity index (χ4n) is 3.39. The van der Waals surface area contributed by atoms with Crippen LogP contribution in [0.1, 0.15) is 21.6 Å². The number of alkyl halides is 3. The molecule has 2 heterocycles. The average Bonchev–Trinajstić information content (AvgIpc) is 3.18. The summed E-state index contributed by atoms with van der Waals surface area (Å²) in [7, 11) is -3.06. The van der Waals surface area contributed by atoms with E-state index in [1.807, 2.05) is 6.92 Å². The van der Waals surface area contributed by atoms with Crippen molar-refractivity contribution in [3.63, 3.8) is 0 Å². The van der Waals surface area contributed by atoms with E-state index in [0.717, 1.165) is 22.7 Å². The van der Waals surface area contributed by atoms with E-state index >= 15 is 0 Å². The van der Waals surface area contributed by atoms with Crippen LogP contribution in [0.25, 0.3) is 22.2 Å². The Labute approximate surface area is 187 Å². The molecule has 0 bridgehead atoms. The second kappa shape index (κ2) is 8.04. The molecule has 6 nitrogen and oxygen atoms in total. The topological polar surface area (TPSA) is 78.3 Å². The zero-order chi connectivity index (χ0) is 24.0. The SMILES string of the molecule is COC(=O)c1cc2ccc(-c3ccc(C(F)(F)F)cn3)cc2n1S(=O)(=O)c1ccc(C)cc1. The minimum Gasteiger partial charge on any atom is -0.464 e. The third-order valence-electron chi connectivity index (χ3n) is 5.10. The molecular formula is C23H17F3N2O4S. The van der Waals surface area contributed by atoms with E-state index in [1.54, 1.807) is 24.3 Å². The highest BCUT2D eigenvalue weighted by molar-refractivity contribution is 7.90. The molecule has 2 aromatic carbocycles. The number of hydrogen-bond donors (Lipinski definition) is 0. The van der Waals surface area contributed by atoms with Gasteiger partial charge >= 0.3 is 12.1 Å². The molecule has 4 aromatic rings. The molecule has 0 aliphatic rings. The number of esters is 1. The van der Waals surface area contributed by atoms with Crippen molar-refractivity contribution >= 4 is 26.9 Å². The Kier molecular flexibility index (Phi) is 5.49. The van der Waals surface area contributed by atoms with E-state index in [4.69, 9.17) is 4.74 Å². The zero-order valence-electron chi connectivity index (χ0n) is 17.4. The van der Waals surface area contributed by atoms with E-state index in [-0.39, 0.29) is 21.8 Å². The van der Waals surface area contributed by atoms with E-state index in [0.29, 0.717) is 17.1 Å². The quantitative estimate of drug-likeness (QED) is 0.387. The van der Waals surface area contributed by atoms with Gasteiger partial charge in [-0.1, -0.05) is 29.8 Å². The largest absolute Gasteiger partial charge is 0.464 e. The highest BCUT2D eigenvalue weighted by Crippen LogP contribution is 2.32. The molecule has 0 radical (unpaired) electrons. The molecule has 0 spiro atoms. The van der Waals surface area contributed by atoms with Crippen LogP contribution in [0.5, 0.6) is 0 Å². The van der Waals surface area contributed by atoms with Gasteiger partial charge in [0.2, 0.25) is 0 Å². The van der Waals surface area contributed by atoms with Crippen molar-refractivity contribution in [2.45, 2.75) is 18.0 Å². The molecule has 2 aromatic heterocycles. The number of pyridine rings is 1. The summed E-state index contributed by atoms with van der Waals surface area (Å²) in [4.78, 5) is 16.2. The van der Waals surface area contributed by atoms with Crippen LogP contribution in [-0.4, -0.2) is 30.5 Å². The number of halogens is 3. The van der Waals surface area contributed by atoms with Crippen LogP contribution in [0.4, 0.5) is 13.2 Å². The maximum atomic E-state index is 13.5. The Balaban J connectivity index is 1.93. The third kappa shape index (κ3) is 4.09. The number of rotatable bonds is 4. The van der Waals surface area contributed by atoms with Crippen molar-refractivity contribution in [2.24, 2.45) is 0 Å². The van der Waals surface area contributed by atoms with Gasteiger partial charge in [-0.05, 0) is 43.3 Å². The van der Waals surface area contributed by atoms with Gasteiger partial charge in [0.15, 0.2) is 0 Å². The molecule has 170 valence electrons. The van der Waals surface area contributed by atoms with Gasteiger partial charge in [0.05, 0.1) is 28.8 Å². The van der Waals surface area contributed by atoms with Crippen LogP contribution in [0.15, 0.2) is 71.8 Å². The van der Waals surface area contributed by atoms with Gasteiger partial charge in [0.25, 0.3) is 10.0 Å². The second-order valence-electron chi connectivity index (χ2n) is 7.31. The summed E-state index contributed by atoms with van der Waals surface area (Å²) < 4.78 is 71.2. The highest BCUT2D eigenvalue weighted by atomic mass is 32.2. The summed E-state index contributed by atoms with van der Waals surface area (Å²) in [6, 6.07) is 14.2. The van der Waals surface area contributed by atoms with Crippen molar-refractivity contribution in [2.75, 3.05) is 7.11 Å². The Bertz CT molecular complexity index is 1460. The van der Waals surface area contributed by atoms with E-state index in [2.05, 4.69) is 4.98 Å². The standard InChI is InChI=1S/C23H17F3N2O4S/c1-14-3-8-18(9-4-14)33(30,31)28-20-11-15(5-6-16(20)12-21(28)22(29)32-2)19-10-7-17(13-27-19)23(24,25)26/h3-13H,1-2H3. The molecular weight excluding hydrogens is 457 g/mol. The molecule has 0 N–H and O–H groups in total. The van der Waals surface area contributed by atoms with Crippen molar-refractivity contribution in [3.05, 3.63) is 83.7 Å². The normalized spacial score (nSPS) is 12.2. The number of aryl methyl sites for hydroxylation is 1. The Morgan fingerprint density at radius 1 is 1.00 bits per heavy atom. The van der Waals surface area contributed by atoms with E-state index in [1.165, 1.54) is 30.3 Å². The lowest BCUT2D eigenvalue weighted by atomic mass is 10.1. The molecule has 0 aliphatic carbocycles. The molecule has 0 amide bonds. The predicted octanol–water partition coefficient (Wildman–Crippen LogP) is 5.05. The number of fused-ring (bicyclic) bond motifs is 1. The third-order valence-corrected chi connectivity index (χ3v) is 6.84. The number of ether oxygens (including phenoxy) is 1. The molecule has 10 heteroatoms. The minimum atomic E-state index is -4.53. The number of carbonyl (C=O) groups excluding carboxylic acids is 1. The Morgan fingerprint density at radius 3 is 2.27 bits per heavy atom. The molecule has 0 unspecified atom stereocenters. The first-order chi connectivity index (χ1) is 15.5. The lowest BCUT2D eigenvalue weighted by Crippen LogP contribution is -2.19. The Hall–Kier alpha value is -3.66. The van der Waals surface area contributed by atoms with E-state index in [9.17, 15) is 26.4 Å². The summed E-state index contributed by atoms with van der Waals surface area (Å²) in [6.07, 6.45) is -3.82. The first-order valence-electron chi connectivity index (χ1n) is 9.62. The summed E-state index contributed by atoms with van der Waals surface area (Å²) in [6.45, 7) is 1.81. The lowest BCUT2D eigenvalue weighted by Gasteiger charge is -2.12. The zero-order valence-corrected chi connectivity index (χ0v) is 18.2. The highest BCUT2D eigenvalue weighted by Gasteiger charge is 2.31. The number of hydrogen-bond acceptors (Lipinski definition) is 5. The fourth-order valence-corrected chi connectivity index (χ4v) is 4.88. The monoisotopic (exact) mass is 474 g/mol. The van der Waals surface area contributed by atoms with Crippen LogP contribution < -0.4 is 0 Å². The number of aromatic nitrogens is 2. The smallest absolute Gasteiger partial charge is 0.417 e. The maximum Gasteiger partial charge on any atom is 0.417 e. The number of methoxy groups -OCH3 is 1. The molecule has 0 fully saturated rings. The lowest BCUT2D eigenvalue weighted by molar-refractivity contribution is -0.137. The number of carbonyl (C=O) groups is 1. The van der Waals surface area contributed by atoms with Gasteiger partial charge in [0, 0.05) is 17.1 Å². The average molecular weight is 474 g/mol. The second-order valence-corrected chi connectivity index (χ2v) is 9.09. The van der Waals surface area contributed by atoms with Gasteiger partial charge in [-0.3, -0.25) is 4.98 Å². The predicted molar refractivity (Wildman–Crippen MR) is 115 cm³/mol. The van der Waals surface area contributed by atoms with Crippen molar-refractivity contribution in [1.29, 1.82) is 0 Å². The van der Waals surface area contributed by atoms with Crippen molar-refractivity contribution in [3.8, 4) is 11.3 Å². The fraction of sp³-hybridized carbons (Fsp3) is 0.130. The van der Waals surface area contributed by atoms with Gasteiger partial charge in [0.1, 0.15) is 5.69 Å². The maximum absolute atomic E-state index is 13.5. The van der Waals surface area contributed by atoms with Crippen LogP contribution in [0, 0.1) is 6.92 Å². The van der Waals surface area contributed by atoms with Crippen LogP contribution >= 0.6 is 0 Å². The molecule has 0 atom stereocenters. The van der Waals surface area contributed by atoms with Gasteiger partial charge in [-0.2, -0.15) is 13.2 Å². The molecule has 4 rings (SSSR count). The summed E-state index contributed by atoms with van der Waals surface area (Å²) >= 11 is 0. The van der Waals surface area contributed by atoms with Crippen LogP contribution in [0.2, 0.25) is 0 Å². The van der Waals surface area contributed by atoms with Crippen molar-refractivity contribution < 1.29 is 31.1 Å². The van der Waals surface area contributed by atoms with Gasteiger partial charge < -0.3 is 4.74 Å². The number of benzene rings is 2. The van der Waals surface area contributed by atoms with E-state index < -0.39 is 27.7 Å². The minimum absolute atomic E-state index is 0.0335. The first kappa shape index (κ1) is 22.5. The van der Waals surface area contributed by atoms with Gasteiger partial charge in [-0.25, -0.2) is 17.2 Å². The van der Waals surface area contributed by atoms with Crippen LogP contribution in [-0.2, 0) is 20.9 Å². The van der Waals surface area contributed by atoms with Gasteiger partial charge in [-0.15, -0.1) is 0 Å². The molecule has 0 saturated carbocycles. The Morgan fingerprint density at radius 2 is 1.70 bits per heavy atom. The summed E-state index contributed by atoms with van der Waals surface area (Å²) in [5.74, 6) is -0.851. The number of nitrogens with zero attached hydrogens (tertiary/aromatic N) is 2. The summed E-state index contributed by atoms with van der Waals surface area (Å²) in [5, 5.41) is 0.432. The van der Waals surface area contributed by atoms with Crippen molar-refractivity contribution in [1.82, 2.24) is 8.96 Å². The summed E-state index contributed by atoms with van der Waals surface area (Å²) in [5.41, 5.74) is 0.512. The van der Waals surface area contributed by atoms with Crippen LogP contribution in [0.3, 0.4) is 0 Å². The molecule has 0 aliphatic heterocycles. The molecule has 33 heavy (non-hydrogen) atoms.